The van der Waals surface area contributed by atoms with Crippen molar-refractivity contribution in [3.05, 3.63) is 87.9 Å². The summed E-state index contributed by atoms with van der Waals surface area (Å²) in [5.74, 6) is 0.512. The third kappa shape index (κ3) is 6.38. The van der Waals surface area contributed by atoms with Crippen molar-refractivity contribution >= 4 is 44.8 Å². The number of benzene rings is 3. The molecular formula is C27H29Cl2N3O4S. The fourth-order valence-electron chi connectivity index (χ4n) is 4.26. The Labute approximate surface area is 228 Å². The number of carbonyl (C=O) groups excluding carboxylic acids is 1. The zero-order chi connectivity index (χ0) is 26.6. The Morgan fingerprint density at radius 2 is 1.65 bits per heavy atom. The molecule has 3 aromatic rings. The number of hydrogen-bond acceptors (Lipinski definition) is 5. The fraction of sp³-hybridized carbons (Fsp3) is 0.296. The molecule has 0 radical (unpaired) electrons. The van der Waals surface area contributed by atoms with Crippen LogP contribution >= 0.6 is 23.2 Å². The molecule has 1 saturated heterocycles. The van der Waals surface area contributed by atoms with Gasteiger partial charge in [0.1, 0.15) is 5.75 Å². The van der Waals surface area contributed by atoms with Crippen LogP contribution in [0.2, 0.25) is 10.0 Å². The van der Waals surface area contributed by atoms with Crippen LogP contribution in [-0.2, 0) is 21.4 Å². The number of halogens is 2. The van der Waals surface area contributed by atoms with Crippen molar-refractivity contribution in [3.63, 3.8) is 0 Å². The number of sulfonamides is 1. The first-order valence-corrected chi connectivity index (χ1v) is 14.0. The Kier molecular flexibility index (Phi) is 8.64. The topological polar surface area (TPSA) is 70.2 Å². The van der Waals surface area contributed by atoms with Gasteiger partial charge in [0.15, 0.2) is 0 Å². The van der Waals surface area contributed by atoms with E-state index >= 15 is 0 Å². The van der Waals surface area contributed by atoms with Crippen LogP contribution in [0.3, 0.4) is 0 Å². The molecule has 0 aliphatic carbocycles. The summed E-state index contributed by atoms with van der Waals surface area (Å²) in [5.41, 5.74) is 2.48. The van der Waals surface area contributed by atoms with E-state index in [0.29, 0.717) is 41.8 Å². The largest absolute Gasteiger partial charge is 0.495 e. The van der Waals surface area contributed by atoms with Crippen LogP contribution in [0.4, 0.5) is 5.69 Å². The number of anilines is 1. The van der Waals surface area contributed by atoms with Gasteiger partial charge in [-0.2, -0.15) is 4.31 Å². The highest BCUT2D eigenvalue weighted by molar-refractivity contribution is 7.89. The Balaban J connectivity index is 1.52. The Morgan fingerprint density at radius 3 is 2.30 bits per heavy atom. The number of hydrogen-bond donors (Lipinski definition) is 0. The van der Waals surface area contributed by atoms with Gasteiger partial charge in [0.05, 0.1) is 24.2 Å². The molecule has 0 atom stereocenters. The second-order valence-corrected chi connectivity index (χ2v) is 11.6. The maximum absolute atomic E-state index is 13.6. The molecule has 1 fully saturated rings. The summed E-state index contributed by atoms with van der Waals surface area (Å²) in [6.07, 6.45) is 0. The van der Waals surface area contributed by atoms with Crippen LogP contribution in [-0.4, -0.2) is 63.4 Å². The lowest BCUT2D eigenvalue weighted by Crippen LogP contribution is -2.51. The smallest absolute Gasteiger partial charge is 0.243 e. The highest BCUT2D eigenvalue weighted by Crippen LogP contribution is 2.29. The van der Waals surface area contributed by atoms with Crippen LogP contribution in [0.5, 0.6) is 5.75 Å². The highest BCUT2D eigenvalue weighted by atomic mass is 35.5. The van der Waals surface area contributed by atoms with Crippen molar-refractivity contribution in [1.82, 2.24) is 9.21 Å². The first-order valence-electron chi connectivity index (χ1n) is 11.9. The van der Waals surface area contributed by atoms with E-state index in [-0.39, 0.29) is 23.9 Å². The fourth-order valence-corrected chi connectivity index (χ4v) is 6.10. The SMILES string of the molecule is COc1ccccc1N1CCN(C(=O)CN(Cc2ccc(Cl)cc2Cl)S(=O)(=O)c2ccc(C)cc2)CC1. The molecule has 196 valence electrons. The Hall–Kier alpha value is -2.78. The molecule has 0 aromatic heterocycles. The lowest BCUT2D eigenvalue weighted by atomic mass is 10.2. The summed E-state index contributed by atoms with van der Waals surface area (Å²) < 4.78 is 33.9. The molecular weight excluding hydrogens is 533 g/mol. The van der Waals surface area contributed by atoms with E-state index in [1.165, 1.54) is 4.31 Å². The second-order valence-electron chi connectivity index (χ2n) is 8.86. The minimum atomic E-state index is -3.97. The maximum atomic E-state index is 13.6. The minimum Gasteiger partial charge on any atom is -0.495 e. The summed E-state index contributed by atoms with van der Waals surface area (Å²) in [5, 5.41) is 0.792. The van der Waals surface area contributed by atoms with Crippen molar-refractivity contribution in [3.8, 4) is 5.75 Å². The van der Waals surface area contributed by atoms with E-state index in [1.807, 2.05) is 31.2 Å². The number of carbonyl (C=O) groups is 1. The predicted molar refractivity (Wildman–Crippen MR) is 147 cm³/mol. The molecule has 0 spiro atoms. The molecule has 1 aliphatic heterocycles. The zero-order valence-corrected chi connectivity index (χ0v) is 23.1. The Morgan fingerprint density at radius 1 is 0.973 bits per heavy atom. The summed E-state index contributed by atoms with van der Waals surface area (Å²) in [6, 6.07) is 19.2. The van der Waals surface area contributed by atoms with Gasteiger partial charge in [-0.05, 0) is 48.9 Å². The van der Waals surface area contributed by atoms with Crippen molar-refractivity contribution in [1.29, 1.82) is 0 Å². The number of nitrogens with zero attached hydrogens (tertiary/aromatic N) is 3. The van der Waals surface area contributed by atoms with Gasteiger partial charge in [0, 0.05) is 42.8 Å². The van der Waals surface area contributed by atoms with Gasteiger partial charge in [-0.25, -0.2) is 8.42 Å². The molecule has 3 aromatic carbocycles. The van der Waals surface area contributed by atoms with Gasteiger partial charge in [-0.15, -0.1) is 0 Å². The van der Waals surface area contributed by atoms with Gasteiger partial charge in [0.25, 0.3) is 0 Å². The average molecular weight is 563 g/mol. The molecule has 0 bridgehead atoms. The van der Waals surface area contributed by atoms with Crippen molar-refractivity contribution in [2.45, 2.75) is 18.4 Å². The summed E-state index contributed by atoms with van der Waals surface area (Å²) in [6.45, 7) is 3.69. The highest BCUT2D eigenvalue weighted by Gasteiger charge is 2.31. The maximum Gasteiger partial charge on any atom is 0.243 e. The van der Waals surface area contributed by atoms with Gasteiger partial charge < -0.3 is 14.5 Å². The second kappa shape index (κ2) is 11.7. The average Bonchev–Trinajstić information content (AvgIpc) is 2.90. The van der Waals surface area contributed by atoms with Gasteiger partial charge >= 0.3 is 0 Å². The third-order valence-electron chi connectivity index (χ3n) is 6.39. The molecule has 10 heteroatoms. The lowest BCUT2D eigenvalue weighted by molar-refractivity contribution is -0.131. The number of amides is 1. The predicted octanol–water partition coefficient (Wildman–Crippen LogP) is 4.85. The first kappa shape index (κ1) is 27.3. The zero-order valence-electron chi connectivity index (χ0n) is 20.7. The normalized spacial score (nSPS) is 14.2. The van der Waals surface area contributed by atoms with Gasteiger partial charge in [0.2, 0.25) is 15.9 Å². The van der Waals surface area contributed by atoms with E-state index in [0.717, 1.165) is 17.0 Å². The molecule has 1 aliphatic rings. The molecule has 0 saturated carbocycles. The first-order chi connectivity index (χ1) is 17.7. The number of rotatable bonds is 8. The van der Waals surface area contributed by atoms with Crippen LogP contribution in [0.1, 0.15) is 11.1 Å². The van der Waals surface area contributed by atoms with Crippen molar-refractivity contribution in [2.24, 2.45) is 0 Å². The summed E-state index contributed by atoms with van der Waals surface area (Å²) >= 11 is 12.4. The number of piperazine rings is 1. The molecule has 1 amide bonds. The van der Waals surface area contributed by atoms with Crippen LogP contribution in [0, 0.1) is 6.92 Å². The van der Waals surface area contributed by atoms with Crippen LogP contribution in [0.25, 0.3) is 0 Å². The third-order valence-corrected chi connectivity index (χ3v) is 8.78. The number of aryl methyl sites for hydroxylation is 1. The number of methoxy groups -OCH3 is 1. The van der Waals surface area contributed by atoms with Crippen molar-refractivity contribution in [2.75, 3.05) is 44.7 Å². The van der Waals surface area contributed by atoms with Crippen LogP contribution < -0.4 is 9.64 Å². The van der Waals surface area contributed by atoms with Gasteiger partial charge in [-0.1, -0.05) is 59.1 Å². The van der Waals surface area contributed by atoms with Gasteiger partial charge in [-0.3, -0.25) is 4.79 Å². The minimum absolute atomic E-state index is 0.0564. The quantitative estimate of drug-likeness (QED) is 0.393. The number of para-hydroxylation sites is 2. The molecule has 1 heterocycles. The van der Waals surface area contributed by atoms with E-state index in [9.17, 15) is 13.2 Å². The molecule has 0 N–H and O–H groups in total. The van der Waals surface area contributed by atoms with Crippen LogP contribution in [0.15, 0.2) is 71.6 Å². The summed E-state index contributed by atoms with van der Waals surface area (Å²) in [7, 11) is -2.34. The molecule has 4 rings (SSSR count). The lowest BCUT2D eigenvalue weighted by Gasteiger charge is -2.37. The molecule has 7 nitrogen and oxygen atoms in total. The molecule has 37 heavy (non-hydrogen) atoms. The van der Waals surface area contributed by atoms with E-state index in [1.54, 1.807) is 54.5 Å². The summed E-state index contributed by atoms with van der Waals surface area (Å²) in [4.78, 5) is 17.3. The van der Waals surface area contributed by atoms with E-state index in [4.69, 9.17) is 27.9 Å². The number of ether oxygens (including phenoxy) is 1. The van der Waals surface area contributed by atoms with Crippen molar-refractivity contribution < 1.29 is 17.9 Å². The monoisotopic (exact) mass is 561 g/mol. The standard InChI is InChI=1S/C27H29Cl2N3O4S/c1-20-7-11-23(12-8-20)37(34,35)32(18-21-9-10-22(28)17-24(21)29)19-27(33)31-15-13-30(14-16-31)25-5-3-4-6-26(25)36-2/h3-12,17H,13-16,18-19H2,1-2H3. The van der Waals surface area contributed by atoms with E-state index in [2.05, 4.69) is 4.90 Å². The van der Waals surface area contributed by atoms with E-state index < -0.39 is 10.0 Å². The molecule has 0 unspecified atom stereocenters. The Bertz CT molecular complexity index is 1360.